The van der Waals surface area contributed by atoms with E-state index in [9.17, 15) is 9.59 Å². The van der Waals surface area contributed by atoms with E-state index in [0.29, 0.717) is 21.7 Å². The first-order chi connectivity index (χ1) is 11.4. The molecule has 0 unspecified atom stereocenters. The zero-order valence-corrected chi connectivity index (χ0v) is 13.8. The molecule has 3 aromatic rings. The lowest BCUT2D eigenvalue weighted by Gasteiger charge is -2.03. The van der Waals surface area contributed by atoms with Crippen LogP contribution in [0.5, 0.6) is 0 Å². The Kier molecular flexibility index (Phi) is 4.16. The predicted molar refractivity (Wildman–Crippen MR) is 87.5 cm³/mol. The van der Waals surface area contributed by atoms with Gasteiger partial charge in [-0.05, 0) is 18.2 Å². The summed E-state index contributed by atoms with van der Waals surface area (Å²) in [5.41, 5.74) is 0.871. The van der Waals surface area contributed by atoms with Crippen LogP contribution in [0.25, 0.3) is 10.9 Å². The minimum atomic E-state index is -1.24. The van der Waals surface area contributed by atoms with Crippen LogP contribution in [0.3, 0.4) is 0 Å². The number of halogens is 2. The van der Waals surface area contributed by atoms with Gasteiger partial charge in [0, 0.05) is 23.0 Å². The second kappa shape index (κ2) is 6.14. The molecule has 24 heavy (non-hydrogen) atoms. The summed E-state index contributed by atoms with van der Waals surface area (Å²) in [7, 11) is 1.54. The molecule has 1 amide bonds. The van der Waals surface area contributed by atoms with E-state index < -0.39 is 11.9 Å². The summed E-state index contributed by atoms with van der Waals surface area (Å²) in [6.45, 7) is 0.00205. The molecule has 2 aromatic heterocycles. The number of carboxylic acid groups (broad SMARTS) is 1. The van der Waals surface area contributed by atoms with Crippen molar-refractivity contribution in [2.75, 3.05) is 0 Å². The molecule has 1 aromatic carbocycles. The minimum absolute atomic E-state index is 0.00205. The number of rotatable bonds is 4. The highest BCUT2D eigenvalue weighted by Crippen LogP contribution is 2.29. The number of carbonyl (C=O) groups is 2. The maximum atomic E-state index is 12.3. The lowest BCUT2D eigenvalue weighted by atomic mass is 10.2. The fraction of sp³-hybridized carbons (Fsp3) is 0.143. The number of aromatic carboxylic acids is 1. The number of carboxylic acids is 1. The molecule has 0 radical (unpaired) electrons. The third-order valence-electron chi connectivity index (χ3n) is 3.38. The Hall–Kier alpha value is -2.58. The first kappa shape index (κ1) is 16.3. The number of carbonyl (C=O) groups excluding carboxylic acids is 1. The van der Waals surface area contributed by atoms with Gasteiger partial charge in [0.1, 0.15) is 11.5 Å². The van der Waals surface area contributed by atoms with Gasteiger partial charge in [0.15, 0.2) is 0 Å². The third-order valence-corrected chi connectivity index (χ3v) is 4.00. The number of amides is 1. The fourth-order valence-corrected chi connectivity index (χ4v) is 2.66. The van der Waals surface area contributed by atoms with Crippen LogP contribution in [0.1, 0.15) is 26.9 Å². The average Bonchev–Trinajstić information content (AvgIpc) is 3.06. The van der Waals surface area contributed by atoms with Gasteiger partial charge in [-0.15, -0.1) is 5.10 Å². The molecule has 0 aliphatic rings. The van der Waals surface area contributed by atoms with Crippen LogP contribution in [0.15, 0.2) is 18.2 Å². The molecular weight excluding hydrogens is 357 g/mol. The lowest BCUT2D eigenvalue weighted by molar-refractivity contribution is 0.0683. The summed E-state index contributed by atoms with van der Waals surface area (Å²) in [5, 5.41) is 16.6. The van der Waals surface area contributed by atoms with Crippen molar-refractivity contribution >= 4 is 46.0 Å². The second-order valence-corrected chi connectivity index (χ2v) is 5.78. The van der Waals surface area contributed by atoms with E-state index in [1.807, 2.05) is 0 Å². The normalized spacial score (nSPS) is 11.0. The molecule has 0 bridgehead atoms. The van der Waals surface area contributed by atoms with E-state index in [-0.39, 0.29) is 23.1 Å². The molecule has 3 rings (SSSR count). The predicted octanol–water partition coefficient (Wildman–Crippen LogP) is 2.23. The van der Waals surface area contributed by atoms with E-state index in [4.69, 9.17) is 28.3 Å². The second-order valence-electron chi connectivity index (χ2n) is 4.97. The number of nitrogens with zero attached hydrogens (tertiary/aromatic N) is 3. The number of aryl methyl sites for hydroxylation is 1. The van der Waals surface area contributed by atoms with Crippen LogP contribution < -0.4 is 5.32 Å². The van der Waals surface area contributed by atoms with Crippen molar-refractivity contribution < 1.29 is 14.7 Å². The molecule has 0 aliphatic carbocycles. The summed E-state index contributed by atoms with van der Waals surface area (Å²) in [4.78, 5) is 29.9. The lowest BCUT2D eigenvalue weighted by Crippen LogP contribution is -2.25. The molecular formula is C14H11Cl2N5O3. The van der Waals surface area contributed by atoms with Crippen molar-refractivity contribution in [1.29, 1.82) is 0 Å². The SMILES string of the molecule is Cn1nc(C(=O)O)nc1CNC(=O)c1[nH]c2ccc(Cl)cc2c1Cl. The van der Waals surface area contributed by atoms with Crippen LogP contribution in [0.4, 0.5) is 0 Å². The molecule has 0 spiro atoms. The van der Waals surface area contributed by atoms with Crippen molar-refractivity contribution in [2.24, 2.45) is 7.05 Å². The fourth-order valence-electron chi connectivity index (χ4n) is 2.20. The van der Waals surface area contributed by atoms with E-state index in [0.717, 1.165) is 0 Å². The summed E-state index contributed by atoms with van der Waals surface area (Å²) in [5.74, 6) is -1.72. The number of hydrogen-bond acceptors (Lipinski definition) is 4. The van der Waals surface area contributed by atoms with Gasteiger partial charge in [-0.2, -0.15) is 0 Å². The smallest absolute Gasteiger partial charge is 0.375 e. The number of aromatic nitrogens is 4. The molecule has 0 saturated carbocycles. The van der Waals surface area contributed by atoms with Crippen molar-refractivity contribution in [2.45, 2.75) is 6.54 Å². The van der Waals surface area contributed by atoms with Crippen molar-refractivity contribution in [3.05, 3.63) is 45.6 Å². The van der Waals surface area contributed by atoms with Gasteiger partial charge >= 0.3 is 5.97 Å². The van der Waals surface area contributed by atoms with Crippen molar-refractivity contribution in [3.63, 3.8) is 0 Å². The van der Waals surface area contributed by atoms with Crippen LogP contribution in [-0.2, 0) is 13.6 Å². The summed E-state index contributed by atoms with van der Waals surface area (Å²) >= 11 is 12.1. The molecule has 10 heteroatoms. The largest absolute Gasteiger partial charge is 0.475 e. The Morgan fingerprint density at radius 3 is 2.79 bits per heavy atom. The topological polar surface area (TPSA) is 113 Å². The van der Waals surface area contributed by atoms with Crippen LogP contribution in [0.2, 0.25) is 10.0 Å². The number of hydrogen-bond donors (Lipinski definition) is 3. The maximum Gasteiger partial charge on any atom is 0.375 e. The van der Waals surface area contributed by atoms with Gasteiger partial charge in [-0.3, -0.25) is 9.48 Å². The molecule has 0 fully saturated rings. The Bertz CT molecular complexity index is 963. The highest BCUT2D eigenvalue weighted by atomic mass is 35.5. The van der Waals surface area contributed by atoms with Crippen LogP contribution in [0, 0.1) is 0 Å². The summed E-state index contributed by atoms with van der Waals surface area (Å²) in [6.07, 6.45) is 0. The van der Waals surface area contributed by atoms with Gasteiger partial charge in [0.25, 0.3) is 11.7 Å². The molecule has 0 aliphatic heterocycles. The maximum absolute atomic E-state index is 12.3. The molecule has 3 N–H and O–H groups in total. The molecule has 8 nitrogen and oxygen atoms in total. The molecule has 0 atom stereocenters. The Balaban J connectivity index is 1.80. The van der Waals surface area contributed by atoms with E-state index in [1.54, 1.807) is 25.2 Å². The van der Waals surface area contributed by atoms with E-state index in [1.165, 1.54) is 4.68 Å². The Morgan fingerprint density at radius 1 is 1.38 bits per heavy atom. The Labute approximate surface area is 145 Å². The van der Waals surface area contributed by atoms with Gasteiger partial charge in [-0.1, -0.05) is 23.2 Å². The number of aromatic amines is 1. The molecule has 2 heterocycles. The van der Waals surface area contributed by atoms with E-state index in [2.05, 4.69) is 20.4 Å². The van der Waals surface area contributed by atoms with Gasteiger partial charge < -0.3 is 15.4 Å². The highest BCUT2D eigenvalue weighted by molar-refractivity contribution is 6.39. The van der Waals surface area contributed by atoms with Gasteiger partial charge in [-0.25, -0.2) is 9.78 Å². The summed E-state index contributed by atoms with van der Waals surface area (Å²) < 4.78 is 1.29. The Morgan fingerprint density at radius 2 is 2.12 bits per heavy atom. The summed E-state index contributed by atoms with van der Waals surface area (Å²) in [6, 6.07) is 5.07. The average molecular weight is 368 g/mol. The van der Waals surface area contributed by atoms with Crippen LogP contribution >= 0.6 is 23.2 Å². The zero-order chi connectivity index (χ0) is 17.4. The molecule has 124 valence electrons. The minimum Gasteiger partial charge on any atom is -0.475 e. The van der Waals surface area contributed by atoms with Crippen molar-refractivity contribution in [3.8, 4) is 0 Å². The number of fused-ring (bicyclic) bond motifs is 1. The van der Waals surface area contributed by atoms with Crippen LogP contribution in [-0.4, -0.2) is 36.7 Å². The van der Waals surface area contributed by atoms with Crippen molar-refractivity contribution in [1.82, 2.24) is 25.1 Å². The zero-order valence-electron chi connectivity index (χ0n) is 12.3. The molecule has 0 saturated heterocycles. The van der Waals surface area contributed by atoms with E-state index >= 15 is 0 Å². The van der Waals surface area contributed by atoms with Gasteiger partial charge in [0.2, 0.25) is 0 Å². The van der Waals surface area contributed by atoms with Gasteiger partial charge in [0.05, 0.1) is 11.6 Å². The number of nitrogens with one attached hydrogen (secondary N) is 2. The first-order valence-electron chi connectivity index (χ1n) is 6.75. The third kappa shape index (κ3) is 2.93. The standard InChI is InChI=1S/C14H11Cl2N5O3/c1-21-9(19-12(20-21)14(23)24)5-17-13(22)11-10(16)7-4-6(15)2-3-8(7)18-11/h2-4,18H,5H2,1H3,(H,17,22)(H,23,24). The monoisotopic (exact) mass is 367 g/mol. The number of H-pyrrole nitrogens is 1. The highest BCUT2D eigenvalue weighted by Gasteiger charge is 2.18. The first-order valence-corrected chi connectivity index (χ1v) is 7.50. The quantitative estimate of drug-likeness (QED) is 0.654. The number of benzene rings is 1.